The van der Waals surface area contributed by atoms with Gasteiger partial charge in [0.2, 0.25) is 0 Å². The van der Waals surface area contributed by atoms with Crippen molar-refractivity contribution in [3.8, 4) is 5.75 Å². The molecule has 18 heavy (non-hydrogen) atoms. The number of aryl methyl sites for hydroxylation is 1. The number of halogens is 1. The first-order valence-corrected chi connectivity index (χ1v) is 6.21. The number of benzene rings is 1. The number of fused-ring (bicyclic) bond motifs is 1. The molecule has 1 aromatic rings. The lowest BCUT2D eigenvalue weighted by Gasteiger charge is -2.13. The van der Waals surface area contributed by atoms with Gasteiger partial charge in [-0.05, 0) is 42.9 Å². The normalized spacial score (nSPS) is 14.7. The van der Waals surface area contributed by atoms with Gasteiger partial charge in [0, 0.05) is 0 Å². The SMILES string of the molecule is O=C(O)C(=O)c1c(O)c(Cl)cc2c1CCCCC2. The molecule has 0 radical (unpaired) electrons. The van der Waals surface area contributed by atoms with Crippen molar-refractivity contribution in [1.29, 1.82) is 0 Å². The summed E-state index contributed by atoms with van der Waals surface area (Å²) in [6, 6.07) is 1.64. The highest BCUT2D eigenvalue weighted by atomic mass is 35.5. The van der Waals surface area contributed by atoms with Crippen LogP contribution < -0.4 is 0 Å². The number of carboxylic acid groups (broad SMARTS) is 1. The van der Waals surface area contributed by atoms with Crippen LogP contribution >= 0.6 is 11.6 Å². The van der Waals surface area contributed by atoms with Gasteiger partial charge in [-0.15, -0.1) is 0 Å². The maximum atomic E-state index is 11.7. The van der Waals surface area contributed by atoms with E-state index in [1.54, 1.807) is 6.07 Å². The number of phenolic OH excluding ortho intramolecular Hbond substituents is 1. The van der Waals surface area contributed by atoms with Crippen molar-refractivity contribution in [3.63, 3.8) is 0 Å². The van der Waals surface area contributed by atoms with Crippen LogP contribution in [0.1, 0.15) is 40.7 Å². The Labute approximate surface area is 109 Å². The first-order chi connectivity index (χ1) is 8.52. The number of carboxylic acids is 1. The van der Waals surface area contributed by atoms with Gasteiger partial charge in [0.25, 0.3) is 5.78 Å². The van der Waals surface area contributed by atoms with Gasteiger partial charge in [0.15, 0.2) is 0 Å². The molecule has 0 aromatic heterocycles. The average Bonchev–Trinajstić information content (AvgIpc) is 2.55. The molecule has 2 rings (SSSR count). The van der Waals surface area contributed by atoms with E-state index in [0.29, 0.717) is 12.0 Å². The summed E-state index contributed by atoms with van der Waals surface area (Å²) in [4.78, 5) is 22.5. The number of hydrogen-bond acceptors (Lipinski definition) is 3. The van der Waals surface area contributed by atoms with Crippen LogP contribution in [0.15, 0.2) is 6.07 Å². The molecule has 0 bridgehead atoms. The molecule has 0 saturated carbocycles. The predicted molar refractivity (Wildman–Crippen MR) is 66.3 cm³/mol. The van der Waals surface area contributed by atoms with E-state index >= 15 is 0 Å². The van der Waals surface area contributed by atoms with Crippen LogP contribution in [-0.2, 0) is 17.6 Å². The van der Waals surface area contributed by atoms with E-state index < -0.39 is 17.5 Å². The Morgan fingerprint density at radius 1 is 1.17 bits per heavy atom. The maximum Gasteiger partial charge on any atom is 0.377 e. The summed E-state index contributed by atoms with van der Waals surface area (Å²) < 4.78 is 0. The van der Waals surface area contributed by atoms with Crippen LogP contribution in [0.5, 0.6) is 5.75 Å². The molecule has 4 nitrogen and oxygen atoms in total. The van der Waals surface area contributed by atoms with Gasteiger partial charge in [-0.1, -0.05) is 18.0 Å². The minimum absolute atomic E-state index is 0.0419. The molecule has 0 atom stereocenters. The summed E-state index contributed by atoms with van der Waals surface area (Å²) >= 11 is 5.86. The highest BCUT2D eigenvalue weighted by Gasteiger charge is 2.27. The standard InChI is InChI=1S/C13H13ClO4/c14-9-6-7-4-2-1-3-5-8(7)10(11(9)15)12(16)13(17)18/h6,15H,1-5H2,(H,17,18). The van der Waals surface area contributed by atoms with Gasteiger partial charge in [-0.3, -0.25) is 4.79 Å². The largest absolute Gasteiger partial charge is 0.506 e. The Bertz CT molecular complexity index is 522. The van der Waals surface area contributed by atoms with Crippen molar-refractivity contribution in [2.45, 2.75) is 32.1 Å². The highest BCUT2D eigenvalue weighted by molar-refractivity contribution is 6.42. The van der Waals surface area contributed by atoms with Crippen LogP contribution in [0.25, 0.3) is 0 Å². The second-order valence-corrected chi connectivity index (χ2v) is 4.82. The molecule has 0 unspecified atom stereocenters. The van der Waals surface area contributed by atoms with E-state index in [9.17, 15) is 14.7 Å². The van der Waals surface area contributed by atoms with Gasteiger partial charge >= 0.3 is 5.97 Å². The first-order valence-electron chi connectivity index (χ1n) is 5.83. The zero-order valence-corrected chi connectivity index (χ0v) is 10.5. The number of phenols is 1. The van der Waals surface area contributed by atoms with Crippen LogP contribution in [0.2, 0.25) is 5.02 Å². The number of aliphatic carboxylic acids is 1. The molecule has 96 valence electrons. The van der Waals surface area contributed by atoms with Crippen LogP contribution in [0.3, 0.4) is 0 Å². The quantitative estimate of drug-likeness (QED) is 0.491. The lowest BCUT2D eigenvalue weighted by Crippen LogP contribution is -2.16. The van der Waals surface area contributed by atoms with Gasteiger partial charge in [-0.2, -0.15) is 0 Å². The number of Topliss-reactive ketones (excluding diaryl/α,β-unsaturated/α-hetero) is 1. The third-order valence-electron chi connectivity index (χ3n) is 3.25. The van der Waals surface area contributed by atoms with E-state index in [0.717, 1.165) is 31.2 Å². The van der Waals surface area contributed by atoms with E-state index in [1.165, 1.54) is 0 Å². The third-order valence-corrected chi connectivity index (χ3v) is 3.54. The molecular formula is C13H13ClO4. The molecule has 0 spiro atoms. The molecule has 0 fully saturated rings. The lowest BCUT2D eigenvalue weighted by atomic mass is 9.93. The van der Waals surface area contributed by atoms with Crippen molar-refractivity contribution in [3.05, 3.63) is 27.8 Å². The zero-order valence-electron chi connectivity index (χ0n) is 9.70. The second-order valence-electron chi connectivity index (χ2n) is 4.41. The number of carbonyl (C=O) groups excluding carboxylic acids is 1. The fraction of sp³-hybridized carbons (Fsp3) is 0.385. The maximum absolute atomic E-state index is 11.7. The monoisotopic (exact) mass is 268 g/mol. The molecule has 2 N–H and O–H groups in total. The van der Waals surface area contributed by atoms with Crippen LogP contribution in [0.4, 0.5) is 0 Å². The molecule has 0 saturated heterocycles. The Morgan fingerprint density at radius 2 is 1.83 bits per heavy atom. The van der Waals surface area contributed by atoms with Crippen LogP contribution in [-0.4, -0.2) is 22.0 Å². The lowest BCUT2D eigenvalue weighted by molar-refractivity contribution is -0.131. The fourth-order valence-electron chi connectivity index (χ4n) is 2.39. The van der Waals surface area contributed by atoms with E-state index in [4.69, 9.17) is 16.7 Å². The molecule has 1 aliphatic carbocycles. The fourth-order valence-corrected chi connectivity index (χ4v) is 2.61. The summed E-state index contributed by atoms with van der Waals surface area (Å²) in [6.07, 6.45) is 4.25. The van der Waals surface area contributed by atoms with Crippen LogP contribution in [0, 0.1) is 0 Å². The minimum Gasteiger partial charge on any atom is -0.506 e. The summed E-state index contributed by atoms with van der Waals surface area (Å²) in [5, 5.41) is 18.7. The first kappa shape index (κ1) is 12.9. The average molecular weight is 269 g/mol. The molecule has 5 heteroatoms. The Hall–Kier alpha value is -1.55. The van der Waals surface area contributed by atoms with Gasteiger partial charge in [-0.25, -0.2) is 4.79 Å². The topological polar surface area (TPSA) is 74.6 Å². The molecule has 0 aliphatic heterocycles. The third kappa shape index (κ3) is 2.20. The van der Waals surface area contributed by atoms with Crippen molar-refractivity contribution >= 4 is 23.4 Å². The number of aromatic hydroxyl groups is 1. The minimum atomic E-state index is -1.57. The van der Waals surface area contributed by atoms with E-state index in [1.807, 2.05) is 0 Å². The van der Waals surface area contributed by atoms with Gasteiger partial charge in [0.05, 0.1) is 10.6 Å². The van der Waals surface area contributed by atoms with Crippen molar-refractivity contribution in [1.82, 2.24) is 0 Å². The Morgan fingerprint density at radius 3 is 2.50 bits per heavy atom. The Balaban J connectivity index is 2.65. The molecule has 0 amide bonds. The number of ketones is 1. The van der Waals surface area contributed by atoms with Gasteiger partial charge in [0.1, 0.15) is 5.75 Å². The number of carbonyl (C=O) groups is 2. The number of rotatable bonds is 2. The smallest absolute Gasteiger partial charge is 0.377 e. The summed E-state index contributed by atoms with van der Waals surface area (Å²) in [5.41, 5.74) is 1.38. The molecular weight excluding hydrogens is 256 g/mol. The van der Waals surface area contributed by atoms with Crippen molar-refractivity contribution in [2.24, 2.45) is 0 Å². The van der Waals surface area contributed by atoms with Crippen molar-refractivity contribution in [2.75, 3.05) is 0 Å². The second kappa shape index (κ2) is 4.98. The number of hydrogen-bond donors (Lipinski definition) is 2. The predicted octanol–water partition coefficient (Wildman–Crippen LogP) is 2.58. The Kier molecular flexibility index (Phi) is 3.57. The van der Waals surface area contributed by atoms with E-state index in [2.05, 4.69) is 0 Å². The van der Waals surface area contributed by atoms with Gasteiger partial charge < -0.3 is 10.2 Å². The summed E-state index contributed by atoms with van der Waals surface area (Å²) in [7, 11) is 0. The zero-order chi connectivity index (χ0) is 13.3. The molecule has 1 aliphatic rings. The molecule has 1 aromatic carbocycles. The van der Waals surface area contributed by atoms with E-state index in [-0.39, 0.29) is 10.6 Å². The summed E-state index contributed by atoms with van der Waals surface area (Å²) in [5.74, 6) is -3.07. The van der Waals surface area contributed by atoms with Crippen molar-refractivity contribution < 1.29 is 19.8 Å². The highest BCUT2D eigenvalue weighted by Crippen LogP contribution is 2.36. The molecule has 0 heterocycles. The summed E-state index contributed by atoms with van der Waals surface area (Å²) in [6.45, 7) is 0.